The van der Waals surface area contributed by atoms with E-state index in [1.165, 1.54) is 0 Å². The Balaban J connectivity index is 2.81. The number of nitrogens with zero attached hydrogens (tertiary/aromatic N) is 2. The number of carbonyl (C=O) groups excluding carboxylic acids is 2. The third kappa shape index (κ3) is 2.52. The van der Waals surface area contributed by atoms with Crippen LogP contribution in [-0.4, -0.2) is 62.9 Å². The summed E-state index contributed by atoms with van der Waals surface area (Å²) >= 11 is 0. The zero-order valence-corrected chi connectivity index (χ0v) is 10.5. The fourth-order valence-electron chi connectivity index (χ4n) is 2.07. The highest BCUT2D eigenvalue weighted by Gasteiger charge is 2.44. The highest BCUT2D eigenvalue weighted by molar-refractivity contribution is 5.89. The first-order chi connectivity index (χ1) is 7.39. The molecule has 2 amide bonds. The van der Waals surface area contributed by atoms with E-state index in [4.69, 9.17) is 0 Å². The van der Waals surface area contributed by atoms with Crippen molar-refractivity contribution in [2.75, 3.05) is 41.3 Å². The van der Waals surface area contributed by atoms with Gasteiger partial charge in [-0.1, -0.05) is 0 Å². The van der Waals surface area contributed by atoms with Crippen molar-refractivity contribution in [2.24, 2.45) is 5.41 Å². The summed E-state index contributed by atoms with van der Waals surface area (Å²) in [5.74, 6) is 0.0617. The van der Waals surface area contributed by atoms with Gasteiger partial charge < -0.3 is 15.1 Å². The summed E-state index contributed by atoms with van der Waals surface area (Å²) in [5.41, 5.74) is -0.537. The van der Waals surface area contributed by atoms with Gasteiger partial charge in [0.15, 0.2) is 0 Å². The number of hydrogen-bond donors (Lipinski definition) is 1. The van der Waals surface area contributed by atoms with Gasteiger partial charge in [-0.15, -0.1) is 0 Å². The monoisotopic (exact) mass is 227 g/mol. The van der Waals surface area contributed by atoms with Gasteiger partial charge in [-0.3, -0.25) is 9.59 Å². The molecule has 1 N–H and O–H groups in total. The standard InChI is InChI=1S/C11H21N3O2/c1-13(2)9(15)7-11(5-6-12-8-11)10(16)14(3)4/h12H,5-8H2,1-4H3. The lowest BCUT2D eigenvalue weighted by Gasteiger charge is -2.30. The van der Waals surface area contributed by atoms with Gasteiger partial charge in [-0.25, -0.2) is 0 Å². The lowest BCUT2D eigenvalue weighted by Crippen LogP contribution is -2.45. The quantitative estimate of drug-likeness (QED) is 0.709. The van der Waals surface area contributed by atoms with Crippen LogP contribution in [-0.2, 0) is 9.59 Å². The van der Waals surface area contributed by atoms with Gasteiger partial charge in [0, 0.05) is 41.2 Å². The first-order valence-electron chi connectivity index (χ1n) is 5.52. The van der Waals surface area contributed by atoms with Crippen molar-refractivity contribution in [3.63, 3.8) is 0 Å². The Labute approximate surface area is 96.8 Å². The smallest absolute Gasteiger partial charge is 0.230 e. The minimum absolute atomic E-state index is 0.0129. The maximum absolute atomic E-state index is 12.1. The Morgan fingerprint density at radius 3 is 2.19 bits per heavy atom. The van der Waals surface area contributed by atoms with Crippen LogP contribution in [0.15, 0.2) is 0 Å². The Bertz CT molecular complexity index is 281. The average Bonchev–Trinajstić information content (AvgIpc) is 2.66. The molecule has 0 aromatic heterocycles. The summed E-state index contributed by atoms with van der Waals surface area (Å²) in [6.45, 7) is 1.41. The SMILES string of the molecule is CN(C)C(=O)CC1(C(=O)N(C)C)CCNC1. The van der Waals surface area contributed by atoms with Crippen LogP contribution in [0.5, 0.6) is 0 Å². The zero-order chi connectivity index (χ0) is 12.3. The number of nitrogens with one attached hydrogen (secondary N) is 1. The molecule has 0 radical (unpaired) electrons. The molecule has 1 heterocycles. The fourth-order valence-corrected chi connectivity index (χ4v) is 2.07. The van der Waals surface area contributed by atoms with Crippen molar-refractivity contribution in [3.05, 3.63) is 0 Å². The number of carbonyl (C=O) groups is 2. The first-order valence-corrected chi connectivity index (χ1v) is 5.52. The Morgan fingerprint density at radius 1 is 1.19 bits per heavy atom. The molecule has 1 atom stereocenters. The highest BCUT2D eigenvalue weighted by atomic mass is 16.2. The predicted octanol–water partition coefficient (Wildman–Crippen LogP) is -0.467. The van der Waals surface area contributed by atoms with Crippen molar-refractivity contribution in [2.45, 2.75) is 12.8 Å². The largest absolute Gasteiger partial charge is 0.349 e. The van der Waals surface area contributed by atoms with Gasteiger partial charge in [0.05, 0.1) is 5.41 Å². The molecule has 1 unspecified atom stereocenters. The molecule has 0 aromatic carbocycles. The van der Waals surface area contributed by atoms with E-state index in [2.05, 4.69) is 5.32 Å². The molecule has 1 aliphatic rings. The summed E-state index contributed by atoms with van der Waals surface area (Å²) < 4.78 is 0. The van der Waals surface area contributed by atoms with Gasteiger partial charge in [0.2, 0.25) is 11.8 Å². The van der Waals surface area contributed by atoms with E-state index in [9.17, 15) is 9.59 Å². The first kappa shape index (κ1) is 13.0. The van der Waals surface area contributed by atoms with E-state index in [0.29, 0.717) is 13.0 Å². The van der Waals surface area contributed by atoms with Crippen molar-refractivity contribution in [1.29, 1.82) is 0 Å². The van der Waals surface area contributed by atoms with Crippen molar-refractivity contribution >= 4 is 11.8 Å². The molecule has 0 bridgehead atoms. The van der Waals surface area contributed by atoms with E-state index < -0.39 is 5.41 Å². The van der Waals surface area contributed by atoms with E-state index >= 15 is 0 Å². The van der Waals surface area contributed by atoms with Gasteiger partial charge in [-0.2, -0.15) is 0 Å². The van der Waals surface area contributed by atoms with Crippen LogP contribution in [0.1, 0.15) is 12.8 Å². The second-order valence-corrected chi connectivity index (χ2v) is 4.87. The van der Waals surface area contributed by atoms with Crippen LogP contribution < -0.4 is 5.32 Å². The maximum atomic E-state index is 12.1. The Hall–Kier alpha value is -1.10. The molecule has 1 fully saturated rings. The average molecular weight is 227 g/mol. The molecule has 1 rings (SSSR count). The molecular weight excluding hydrogens is 206 g/mol. The van der Waals surface area contributed by atoms with E-state index in [-0.39, 0.29) is 11.8 Å². The van der Waals surface area contributed by atoms with Gasteiger partial charge >= 0.3 is 0 Å². The predicted molar refractivity (Wildman–Crippen MR) is 61.9 cm³/mol. The Kier molecular flexibility index (Phi) is 3.91. The molecule has 92 valence electrons. The van der Waals surface area contributed by atoms with Crippen molar-refractivity contribution in [3.8, 4) is 0 Å². The number of hydrogen-bond acceptors (Lipinski definition) is 3. The summed E-state index contributed by atoms with van der Waals surface area (Å²) in [7, 11) is 6.92. The molecule has 1 saturated heterocycles. The second kappa shape index (κ2) is 4.82. The molecule has 0 saturated carbocycles. The van der Waals surface area contributed by atoms with Crippen molar-refractivity contribution < 1.29 is 9.59 Å². The van der Waals surface area contributed by atoms with E-state index in [1.807, 2.05) is 0 Å². The molecule has 16 heavy (non-hydrogen) atoms. The van der Waals surface area contributed by atoms with Crippen LogP contribution in [0.25, 0.3) is 0 Å². The normalized spacial score (nSPS) is 24.2. The number of rotatable bonds is 3. The number of amides is 2. The van der Waals surface area contributed by atoms with Crippen molar-refractivity contribution in [1.82, 2.24) is 15.1 Å². The van der Waals surface area contributed by atoms with Gasteiger partial charge in [0.25, 0.3) is 0 Å². The maximum Gasteiger partial charge on any atom is 0.230 e. The lowest BCUT2D eigenvalue weighted by atomic mass is 9.81. The molecule has 0 spiro atoms. The minimum Gasteiger partial charge on any atom is -0.349 e. The zero-order valence-electron chi connectivity index (χ0n) is 10.5. The van der Waals surface area contributed by atoms with Crippen LogP contribution in [0.3, 0.4) is 0 Å². The molecule has 5 heteroatoms. The lowest BCUT2D eigenvalue weighted by molar-refractivity contribution is -0.144. The second-order valence-electron chi connectivity index (χ2n) is 4.87. The Morgan fingerprint density at radius 2 is 1.81 bits per heavy atom. The van der Waals surface area contributed by atoms with Crippen LogP contribution >= 0.6 is 0 Å². The molecule has 1 aliphatic heterocycles. The topological polar surface area (TPSA) is 52.7 Å². The molecule has 5 nitrogen and oxygen atoms in total. The minimum atomic E-state index is -0.537. The van der Waals surface area contributed by atoms with Crippen LogP contribution in [0.4, 0.5) is 0 Å². The molecular formula is C11H21N3O2. The van der Waals surface area contributed by atoms with Gasteiger partial charge in [-0.05, 0) is 13.0 Å². The summed E-state index contributed by atoms with van der Waals surface area (Å²) in [6, 6.07) is 0. The third-order valence-corrected chi connectivity index (χ3v) is 3.09. The third-order valence-electron chi connectivity index (χ3n) is 3.09. The van der Waals surface area contributed by atoms with Crippen LogP contribution in [0.2, 0.25) is 0 Å². The van der Waals surface area contributed by atoms with Gasteiger partial charge in [0.1, 0.15) is 0 Å². The van der Waals surface area contributed by atoms with Crippen LogP contribution in [0, 0.1) is 5.41 Å². The molecule has 0 aromatic rings. The van der Waals surface area contributed by atoms with E-state index in [0.717, 1.165) is 13.0 Å². The summed E-state index contributed by atoms with van der Waals surface area (Å²) in [6.07, 6.45) is 1.04. The summed E-state index contributed by atoms with van der Waals surface area (Å²) in [4.78, 5) is 27.0. The summed E-state index contributed by atoms with van der Waals surface area (Å²) in [5, 5.41) is 3.17. The highest BCUT2D eigenvalue weighted by Crippen LogP contribution is 2.32. The van der Waals surface area contributed by atoms with E-state index in [1.54, 1.807) is 38.0 Å². The molecule has 0 aliphatic carbocycles. The fraction of sp³-hybridized carbons (Fsp3) is 0.818.